The van der Waals surface area contributed by atoms with Gasteiger partial charge in [0.1, 0.15) is 6.61 Å². The molecular formula is C18H24N4O3S. The van der Waals surface area contributed by atoms with Crippen LogP contribution in [0.15, 0.2) is 41.8 Å². The highest BCUT2D eigenvalue weighted by Gasteiger charge is 2.16. The van der Waals surface area contributed by atoms with Crippen LogP contribution in [0.25, 0.3) is 0 Å². The van der Waals surface area contributed by atoms with E-state index in [9.17, 15) is 9.59 Å². The molecule has 3 N–H and O–H groups in total. The molecule has 0 saturated carbocycles. The number of anilines is 2. The third kappa shape index (κ3) is 6.14. The second-order valence-corrected chi connectivity index (χ2v) is 6.87. The van der Waals surface area contributed by atoms with E-state index in [1.54, 1.807) is 35.6 Å². The molecule has 1 aromatic heterocycles. The molecule has 0 radical (unpaired) electrons. The smallest absolute Gasteiger partial charge is 0.319 e. The molecule has 140 valence electrons. The molecule has 26 heavy (non-hydrogen) atoms. The van der Waals surface area contributed by atoms with Crippen molar-refractivity contribution >= 4 is 34.6 Å². The number of benzene rings is 1. The summed E-state index contributed by atoms with van der Waals surface area (Å²) in [6.45, 7) is 0.504. The molecule has 8 heteroatoms. The number of methoxy groups -OCH3 is 1. The zero-order valence-corrected chi connectivity index (χ0v) is 15.9. The number of amides is 3. The Kier molecular flexibility index (Phi) is 7.58. The van der Waals surface area contributed by atoms with Gasteiger partial charge in [-0.2, -0.15) is 0 Å². The monoisotopic (exact) mass is 376 g/mol. The minimum atomic E-state index is -0.274. The second kappa shape index (κ2) is 9.91. The number of carbonyl (C=O) groups is 2. The Labute approximate surface area is 157 Å². The minimum Gasteiger partial charge on any atom is -0.375 e. The quantitative estimate of drug-likeness (QED) is 0.662. The summed E-state index contributed by atoms with van der Waals surface area (Å²) < 4.78 is 4.76. The first-order valence-electron chi connectivity index (χ1n) is 8.13. The molecule has 0 saturated heterocycles. The average molecular weight is 376 g/mol. The highest BCUT2D eigenvalue weighted by molar-refractivity contribution is 7.10. The lowest BCUT2D eigenvalue weighted by Crippen LogP contribution is -2.36. The second-order valence-electron chi connectivity index (χ2n) is 5.89. The maximum absolute atomic E-state index is 12.1. The number of hydrogen-bond donors (Lipinski definition) is 3. The number of likely N-dealkylation sites (N-methyl/N-ethyl adjacent to an activating group) is 1. The van der Waals surface area contributed by atoms with Crippen LogP contribution in [0, 0.1) is 0 Å². The molecule has 1 unspecified atom stereocenters. The lowest BCUT2D eigenvalue weighted by Gasteiger charge is -2.23. The fourth-order valence-electron chi connectivity index (χ4n) is 2.35. The first-order chi connectivity index (χ1) is 12.5. The number of nitrogens with zero attached hydrogens (tertiary/aromatic N) is 1. The van der Waals surface area contributed by atoms with E-state index < -0.39 is 0 Å². The van der Waals surface area contributed by atoms with Crippen LogP contribution in [0.5, 0.6) is 0 Å². The summed E-state index contributed by atoms with van der Waals surface area (Å²) in [5.74, 6) is -0.228. The zero-order valence-electron chi connectivity index (χ0n) is 15.1. The predicted octanol–water partition coefficient (Wildman–Crippen LogP) is 2.76. The van der Waals surface area contributed by atoms with Crippen LogP contribution in [0.2, 0.25) is 0 Å². The summed E-state index contributed by atoms with van der Waals surface area (Å²) in [7, 11) is 5.44. The van der Waals surface area contributed by atoms with E-state index in [1.807, 2.05) is 25.5 Å². The summed E-state index contributed by atoms with van der Waals surface area (Å²) >= 11 is 1.67. The number of carbonyl (C=O) groups excluding carboxylic acids is 2. The number of rotatable bonds is 8. The Morgan fingerprint density at radius 1 is 1.12 bits per heavy atom. The molecule has 0 aliphatic carbocycles. The number of thiophene rings is 1. The van der Waals surface area contributed by atoms with Crippen LogP contribution in [0.4, 0.5) is 16.2 Å². The molecule has 1 atom stereocenters. The summed E-state index contributed by atoms with van der Waals surface area (Å²) in [6.07, 6.45) is 0. The Morgan fingerprint density at radius 2 is 1.77 bits per heavy atom. The van der Waals surface area contributed by atoms with Gasteiger partial charge in [0.05, 0.1) is 6.04 Å². The summed E-state index contributed by atoms with van der Waals surface area (Å²) in [5, 5.41) is 10.4. The highest BCUT2D eigenvalue weighted by Crippen LogP contribution is 2.22. The van der Waals surface area contributed by atoms with E-state index in [4.69, 9.17) is 4.74 Å². The van der Waals surface area contributed by atoms with Gasteiger partial charge in [-0.1, -0.05) is 6.07 Å². The zero-order chi connectivity index (χ0) is 18.9. The lowest BCUT2D eigenvalue weighted by atomic mass is 10.2. The molecule has 0 aliphatic rings. The van der Waals surface area contributed by atoms with Gasteiger partial charge in [0, 0.05) is 29.9 Å². The molecule has 2 rings (SSSR count). The van der Waals surface area contributed by atoms with Gasteiger partial charge < -0.3 is 25.6 Å². The van der Waals surface area contributed by atoms with Gasteiger partial charge in [0.15, 0.2) is 0 Å². The number of ether oxygens (including phenoxy) is 1. The van der Waals surface area contributed by atoms with Crippen molar-refractivity contribution in [1.29, 1.82) is 0 Å². The van der Waals surface area contributed by atoms with Gasteiger partial charge in [-0.25, -0.2) is 4.79 Å². The van der Waals surface area contributed by atoms with Crippen molar-refractivity contribution in [2.75, 3.05) is 45.0 Å². The Hall–Kier alpha value is -2.42. The molecule has 7 nitrogen and oxygen atoms in total. The van der Waals surface area contributed by atoms with Crippen molar-refractivity contribution in [2.24, 2.45) is 0 Å². The van der Waals surface area contributed by atoms with E-state index in [0.717, 1.165) is 0 Å². The third-order valence-electron chi connectivity index (χ3n) is 3.65. The summed E-state index contributed by atoms with van der Waals surface area (Å²) in [6, 6.07) is 10.8. The van der Waals surface area contributed by atoms with Crippen molar-refractivity contribution in [2.45, 2.75) is 6.04 Å². The standard InChI is InChI=1S/C18H24N4O3S/c1-22(2)15(16-5-4-10-26-16)11-19-18(24)21-14-8-6-13(7-9-14)20-17(23)12-25-3/h4-10,15H,11-12H2,1-3H3,(H,20,23)(H2,19,21,24). The predicted molar refractivity (Wildman–Crippen MR) is 105 cm³/mol. The van der Waals surface area contributed by atoms with E-state index in [2.05, 4.69) is 26.9 Å². The van der Waals surface area contributed by atoms with Crippen molar-refractivity contribution in [3.8, 4) is 0 Å². The average Bonchev–Trinajstić information content (AvgIpc) is 3.11. The molecule has 2 aromatic rings. The van der Waals surface area contributed by atoms with Gasteiger partial charge in [-0.15, -0.1) is 11.3 Å². The van der Waals surface area contributed by atoms with Gasteiger partial charge in [0.25, 0.3) is 0 Å². The molecule has 0 fully saturated rings. The van der Waals surface area contributed by atoms with Gasteiger partial charge in [-0.05, 0) is 49.8 Å². The largest absolute Gasteiger partial charge is 0.375 e. The Bertz CT molecular complexity index is 702. The van der Waals surface area contributed by atoms with E-state index in [0.29, 0.717) is 17.9 Å². The van der Waals surface area contributed by atoms with Crippen LogP contribution in [0.1, 0.15) is 10.9 Å². The van der Waals surface area contributed by atoms with Crippen molar-refractivity contribution in [3.05, 3.63) is 46.7 Å². The van der Waals surface area contributed by atoms with Crippen molar-refractivity contribution in [1.82, 2.24) is 10.2 Å². The molecule has 1 heterocycles. The van der Waals surface area contributed by atoms with Crippen LogP contribution in [0.3, 0.4) is 0 Å². The summed E-state index contributed by atoms with van der Waals surface area (Å²) in [4.78, 5) is 26.9. The van der Waals surface area contributed by atoms with Crippen molar-refractivity contribution < 1.29 is 14.3 Å². The first-order valence-corrected chi connectivity index (χ1v) is 9.01. The van der Waals surface area contributed by atoms with E-state index in [1.165, 1.54) is 12.0 Å². The first kappa shape index (κ1) is 19.9. The lowest BCUT2D eigenvalue weighted by molar-refractivity contribution is -0.119. The van der Waals surface area contributed by atoms with Gasteiger partial charge in [-0.3, -0.25) is 4.79 Å². The fourth-order valence-corrected chi connectivity index (χ4v) is 3.27. The number of urea groups is 1. The maximum Gasteiger partial charge on any atom is 0.319 e. The molecule has 0 spiro atoms. The Morgan fingerprint density at radius 3 is 2.31 bits per heavy atom. The summed E-state index contributed by atoms with van der Waals surface area (Å²) in [5.41, 5.74) is 1.29. The van der Waals surface area contributed by atoms with Gasteiger partial charge in [0.2, 0.25) is 5.91 Å². The molecular weight excluding hydrogens is 352 g/mol. The Balaban J connectivity index is 1.84. The van der Waals surface area contributed by atoms with Gasteiger partial charge >= 0.3 is 6.03 Å². The molecule has 3 amide bonds. The minimum absolute atomic E-state index is 0.000308. The maximum atomic E-state index is 12.1. The van der Waals surface area contributed by atoms with Crippen LogP contribution >= 0.6 is 11.3 Å². The van der Waals surface area contributed by atoms with Crippen molar-refractivity contribution in [3.63, 3.8) is 0 Å². The van der Waals surface area contributed by atoms with Crippen LogP contribution in [-0.4, -0.2) is 51.2 Å². The number of hydrogen-bond acceptors (Lipinski definition) is 5. The third-order valence-corrected chi connectivity index (χ3v) is 4.63. The SMILES string of the molecule is COCC(=O)Nc1ccc(NC(=O)NCC(c2cccs2)N(C)C)cc1. The highest BCUT2D eigenvalue weighted by atomic mass is 32.1. The van der Waals surface area contributed by atoms with E-state index >= 15 is 0 Å². The van der Waals surface area contributed by atoms with Crippen LogP contribution in [-0.2, 0) is 9.53 Å². The van der Waals surface area contributed by atoms with E-state index in [-0.39, 0.29) is 24.6 Å². The molecule has 0 aliphatic heterocycles. The molecule has 1 aromatic carbocycles. The normalized spacial score (nSPS) is 11.8. The fraction of sp³-hybridized carbons (Fsp3) is 0.333. The topological polar surface area (TPSA) is 82.7 Å². The number of nitrogens with one attached hydrogen (secondary N) is 3. The molecule has 0 bridgehead atoms. The van der Waals surface area contributed by atoms with Crippen LogP contribution < -0.4 is 16.0 Å².